The van der Waals surface area contributed by atoms with Gasteiger partial charge in [-0.1, -0.05) is 6.07 Å². The van der Waals surface area contributed by atoms with Gasteiger partial charge < -0.3 is 4.74 Å². The van der Waals surface area contributed by atoms with Gasteiger partial charge in [0.25, 0.3) is 0 Å². The zero-order valence-electron chi connectivity index (χ0n) is 9.84. The monoisotopic (exact) mass is 223 g/mol. The lowest BCUT2D eigenvalue weighted by molar-refractivity contribution is 0.00690. The molecule has 1 aromatic rings. The molecule has 0 aromatic heterocycles. The van der Waals surface area contributed by atoms with Gasteiger partial charge >= 0.3 is 5.97 Å². The maximum atomic E-state index is 13.4. The van der Waals surface area contributed by atoms with E-state index in [-0.39, 0.29) is 5.56 Å². The first-order valence-corrected chi connectivity index (χ1v) is 5.14. The van der Waals surface area contributed by atoms with Crippen LogP contribution in [-0.2, 0) is 11.2 Å². The molecule has 0 heterocycles. The largest absolute Gasteiger partial charge is 0.456 e. The fourth-order valence-electron chi connectivity index (χ4n) is 1.21. The van der Waals surface area contributed by atoms with Crippen molar-refractivity contribution in [3.63, 3.8) is 0 Å². The van der Waals surface area contributed by atoms with Crippen LogP contribution in [0.15, 0.2) is 18.2 Å². The molecule has 0 fully saturated rings. The Kier molecular flexibility index (Phi) is 3.68. The van der Waals surface area contributed by atoms with E-state index < -0.39 is 17.4 Å². The second kappa shape index (κ2) is 4.64. The van der Waals surface area contributed by atoms with E-state index in [0.29, 0.717) is 12.0 Å². The zero-order chi connectivity index (χ0) is 12.3. The highest BCUT2D eigenvalue weighted by molar-refractivity contribution is 5.89. The third-order valence-corrected chi connectivity index (χ3v) is 1.96. The summed E-state index contributed by atoms with van der Waals surface area (Å²) in [7, 11) is 0. The van der Waals surface area contributed by atoms with Gasteiger partial charge in [0.05, 0.1) is 5.56 Å². The first-order valence-electron chi connectivity index (χ1n) is 5.14. The van der Waals surface area contributed by atoms with Gasteiger partial charge in [0, 0.05) is 0 Å². The quantitative estimate of drug-likeness (QED) is 0.720. The highest BCUT2D eigenvalue weighted by atomic mass is 19.1. The van der Waals surface area contributed by atoms with Crippen molar-refractivity contribution in [1.82, 2.24) is 0 Å². The van der Waals surface area contributed by atoms with Crippen LogP contribution in [0.25, 0.3) is 0 Å². The number of carbonyl (C=O) groups is 1. The normalized spacial score (nSPS) is 11.3. The van der Waals surface area contributed by atoms with Crippen LogP contribution in [0.2, 0.25) is 0 Å². The number of benzene rings is 1. The average Bonchev–Trinajstić information content (AvgIpc) is 2.15. The van der Waals surface area contributed by atoms with Gasteiger partial charge in [0.2, 0.25) is 0 Å². The van der Waals surface area contributed by atoms with E-state index in [1.165, 1.54) is 6.07 Å². The Morgan fingerprint density at radius 1 is 1.44 bits per heavy atom. The smallest absolute Gasteiger partial charge is 0.338 e. The fourth-order valence-corrected chi connectivity index (χ4v) is 1.21. The highest BCUT2D eigenvalue weighted by Crippen LogP contribution is 2.15. The molecule has 3 heteroatoms. The van der Waals surface area contributed by atoms with Gasteiger partial charge in [-0.3, -0.25) is 0 Å². The molecule has 2 nitrogen and oxygen atoms in total. The van der Waals surface area contributed by atoms with Crippen molar-refractivity contribution in [1.29, 1.82) is 0 Å². The van der Waals surface area contributed by atoms with Gasteiger partial charge in [0.1, 0.15) is 11.4 Å². The Morgan fingerprint density at radius 3 is 2.50 bits per heavy atom. The number of carbonyl (C=O) groups excluding carboxylic acids is 1. The van der Waals surface area contributed by atoms with Crippen LogP contribution >= 0.6 is 0 Å². The highest BCUT2D eigenvalue weighted by Gasteiger charge is 2.18. The van der Waals surface area contributed by atoms with Crippen molar-refractivity contribution in [2.75, 3.05) is 0 Å². The third-order valence-electron chi connectivity index (χ3n) is 1.96. The fraction of sp³-hybridized carbons (Fsp3) is 0.385. The second-order valence-corrected chi connectivity index (χ2v) is 4.56. The minimum Gasteiger partial charge on any atom is -0.456 e. The maximum absolute atomic E-state index is 13.4. The molecule has 0 atom stereocenters. The SMILES string of the molecule is [CH2]Cc1ccc(C(=O)OC(C)(C)C)cc1F. The van der Waals surface area contributed by atoms with Gasteiger partial charge in [-0.2, -0.15) is 0 Å². The lowest BCUT2D eigenvalue weighted by Crippen LogP contribution is -2.24. The molecule has 0 aliphatic heterocycles. The summed E-state index contributed by atoms with van der Waals surface area (Å²) in [6.45, 7) is 8.90. The molecule has 1 rings (SSSR count). The Bertz CT molecular complexity index is 391. The molecule has 1 radical (unpaired) electrons. The first kappa shape index (κ1) is 12.7. The third kappa shape index (κ3) is 3.33. The van der Waals surface area contributed by atoms with Crippen LogP contribution in [0.3, 0.4) is 0 Å². The Balaban J connectivity index is 2.89. The topological polar surface area (TPSA) is 26.3 Å². The van der Waals surface area contributed by atoms with Crippen LogP contribution in [0.4, 0.5) is 4.39 Å². The molecule has 0 aliphatic rings. The van der Waals surface area contributed by atoms with Crippen LogP contribution < -0.4 is 0 Å². The summed E-state index contributed by atoms with van der Waals surface area (Å²) in [5, 5.41) is 0. The van der Waals surface area contributed by atoms with E-state index in [0.717, 1.165) is 0 Å². The van der Waals surface area contributed by atoms with E-state index in [2.05, 4.69) is 6.92 Å². The van der Waals surface area contributed by atoms with Gasteiger partial charge in [-0.15, -0.1) is 0 Å². The molecule has 0 amide bonds. The lowest BCUT2D eigenvalue weighted by atomic mass is 10.1. The van der Waals surface area contributed by atoms with E-state index in [9.17, 15) is 9.18 Å². The van der Waals surface area contributed by atoms with Crippen LogP contribution in [0, 0.1) is 12.7 Å². The summed E-state index contributed by atoms with van der Waals surface area (Å²) in [5.41, 5.74) is 0.148. The predicted molar refractivity (Wildman–Crippen MR) is 60.6 cm³/mol. The minimum atomic E-state index is -0.571. The molecule has 16 heavy (non-hydrogen) atoms. The van der Waals surface area contributed by atoms with Gasteiger partial charge in [0.15, 0.2) is 0 Å². The van der Waals surface area contributed by atoms with Crippen molar-refractivity contribution >= 4 is 5.97 Å². The van der Waals surface area contributed by atoms with E-state index >= 15 is 0 Å². The molecule has 1 aromatic carbocycles. The van der Waals surface area contributed by atoms with Crippen LogP contribution in [0.5, 0.6) is 0 Å². The molecule has 0 saturated carbocycles. The average molecular weight is 223 g/mol. The number of hydrogen-bond acceptors (Lipinski definition) is 2. The summed E-state index contributed by atoms with van der Waals surface area (Å²) in [5.74, 6) is -0.930. The summed E-state index contributed by atoms with van der Waals surface area (Å²) in [6, 6.07) is 4.30. The number of esters is 1. The predicted octanol–water partition coefficient (Wildman–Crippen LogP) is 3.16. The first-order chi connectivity index (χ1) is 7.33. The standard InChI is InChI=1S/C13H16FO2/c1-5-9-6-7-10(8-11(9)14)12(15)16-13(2,3)4/h6-8H,1,5H2,2-4H3. The second-order valence-electron chi connectivity index (χ2n) is 4.56. The number of rotatable bonds is 2. The van der Waals surface area contributed by atoms with Crippen molar-refractivity contribution < 1.29 is 13.9 Å². The maximum Gasteiger partial charge on any atom is 0.338 e. The van der Waals surface area contributed by atoms with Crippen molar-refractivity contribution in [3.05, 3.63) is 42.1 Å². The molecule has 87 valence electrons. The Hall–Kier alpha value is -1.38. The summed E-state index contributed by atoms with van der Waals surface area (Å²) >= 11 is 0. The summed E-state index contributed by atoms with van der Waals surface area (Å²) in [4.78, 5) is 11.6. The number of hydrogen-bond donors (Lipinski definition) is 0. The van der Waals surface area contributed by atoms with Crippen molar-refractivity contribution in [2.45, 2.75) is 32.8 Å². The molecule has 0 spiro atoms. The Labute approximate surface area is 95.4 Å². The van der Waals surface area contributed by atoms with Crippen LogP contribution in [0.1, 0.15) is 36.7 Å². The molecule has 0 aliphatic carbocycles. The summed E-state index contributed by atoms with van der Waals surface area (Å²) < 4.78 is 18.5. The van der Waals surface area contributed by atoms with Gasteiger partial charge in [-0.25, -0.2) is 9.18 Å². The molecule has 0 saturated heterocycles. The molecule has 0 unspecified atom stereocenters. The molecule has 0 N–H and O–H groups in total. The molecule has 0 bridgehead atoms. The van der Waals surface area contributed by atoms with E-state index in [1.54, 1.807) is 32.9 Å². The number of ether oxygens (including phenoxy) is 1. The number of halogens is 1. The van der Waals surface area contributed by atoms with E-state index in [4.69, 9.17) is 4.74 Å². The molecular formula is C13H16FO2. The summed E-state index contributed by atoms with van der Waals surface area (Å²) in [6.07, 6.45) is 0.362. The van der Waals surface area contributed by atoms with Gasteiger partial charge in [-0.05, 0) is 51.8 Å². The minimum absolute atomic E-state index is 0.227. The zero-order valence-corrected chi connectivity index (χ0v) is 9.84. The van der Waals surface area contributed by atoms with Crippen molar-refractivity contribution in [3.8, 4) is 0 Å². The molecular weight excluding hydrogens is 207 g/mol. The Morgan fingerprint density at radius 2 is 2.06 bits per heavy atom. The van der Waals surface area contributed by atoms with Crippen molar-refractivity contribution in [2.24, 2.45) is 0 Å². The van der Waals surface area contributed by atoms with Crippen LogP contribution in [-0.4, -0.2) is 11.6 Å². The van der Waals surface area contributed by atoms with E-state index in [1.807, 2.05) is 0 Å². The lowest BCUT2D eigenvalue weighted by Gasteiger charge is -2.19.